The van der Waals surface area contributed by atoms with Crippen molar-refractivity contribution in [3.05, 3.63) is 29.8 Å². The number of ether oxygens (including phenoxy) is 1. The molecule has 1 aromatic carbocycles. The van der Waals surface area contributed by atoms with Crippen molar-refractivity contribution >= 4 is 0 Å². The molecule has 1 aromatic rings. The van der Waals surface area contributed by atoms with Gasteiger partial charge in [0.15, 0.2) is 0 Å². The first kappa shape index (κ1) is 15.0. The lowest BCUT2D eigenvalue weighted by Gasteiger charge is -2.20. The molecule has 0 fully saturated rings. The van der Waals surface area contributed by atoms with Gasteiger partial charge >= 0.3 is 0 Å². The largest absolute Gasteiger partial charge is 0.497 e. The lowest BCUT2D eigenvalue weighted by Crippen LogP contribution is -2.38. The van der Waals surface area contributed by atoms with Crippen LogP contribution in [0, 0.1) is 0 Å². The topological polar surface area (TPSA) is 41.5 Å². The quantitative estimate of drug-likeness (QED) is 0.745. The molecule has 3 nitrogen and oxygen atoms in total. The van der Waals surface area contributed by atoms with E-state index in [1.54, 1.807) is 7.11 Å². The van der Waals surface area contributed by atoms with Crippen molar-refractivity contribution in [1.82, 2.24) is 5.32 Å². The van der Waals surface area contributed by atoms with Gasteiger partial charge in [-0.3, -0.25) is 0 Å². The van der Waals surface area contributed by atoms with E-state index in [0.29, 0.717) is 6.04 Å². The van der Waals surface area contributed by atoms with E-state index >= 15 is 0 Å². The molecular weight excluding hydrogens is 226 g/mol. The third-order valence-electron chi connectivity index (χ3n) is 3.26. The molecular formula is C15H25NO2. The third kappa shape index (κ3) is 5.07. The Morgan fingerprint density at radius 3 is 2.44 bits per heavy atom. The highest BCUT2D eigenvalue weighted by Gasteiger charge is 2.08. The minimum absolute atomic E-state index is 0.212. The van der Waals surface area contributed by atoms with Gasteiger partial charge in [-0.05, 0) is 43.9 Å². The molecule has 102 valence electrons. The van der Waals surface area contributed by atoms with Crippen molar-refractivity contribution < 1.29 is 9.84 Å². The second-order valence-electron chi connectivity index (χ2n) is 4.74. The highest BCUT2D eigenvalue weighted by Crippen LogP contribution is 2.13. The monoisotopic (exact) mass is 251 g/mol. The van der Waals surface area contributed by atoms with E-state index in [2.05, 4.69) is 31.3 Å². The highest BCUT2D eigenvalue weighted by molar-refractivity contribution is 5.27. The molecule has 0 saturated carbocycles. The molecule has 0 radical (unpaired) electrons. The van der Waals surface area contributed by atoms with Gasteiger partial charge in [0, 0.05) is 12.1 Å². The summed E-state index contributed by atoms with van der Waals surface area (Å²) in [5, 5.41) is 12.6. The Bertz CT molecular complexity index is 320. The van der Waals surface area contributed by atoms with Crippen molar-refractivity contribution in [1.29, 1.82) is 0 Å². The van der Waals surface area contributed by atoms with Gasteiger partial charge in [0.05, 0.1) is 13.7 Å². The molecule has 0 aliphatic rings. The summed E-state index contributed by atoms with van der Waals surface area (Å²) in [6.45, 7) is 4.47. The van der Waals surface area contributed by atoms with Gasteiger partial charge in [-0.1, -0.05) is 19.1 Å². The first-order valence-corrected chi connectivity index (χ1v) is 6.69. The molecule has 0 saturated heterocycles. The molecule has 2 atom stereocenters. The fourth-order valence-electron chi connectivity index (χ4n) is 1.96. The Kier molecular flexibility index (Phi) is 6.76. The van der Waals surface area contributed by atoms with Crippen LogP contribution < -0.4 is 10.1 Å². The maximum Gasteiger partial charge on any atom is 0.118 e. The molecule has 2 unspecified atom stereocenters. The molecule has 0 bridgehead atoms. The molecule has 0 amide bonds. The Morgan fingerprint density at radius 2 is 1.94 bits per heavy atom. The number of rotatable bonds is 8. The SMILES string of the molecule is CCC(CO)NC(C)CCc1ccc(OC)cc1. The van der Waals surface area contributed by atoms with Crippen LogP contribution in [0.15, 0.2) is 24.3 Å². The van der Waals surface area contributed by atoms with E-state index in [-0.39, 0.29) is 12.6 Å². The molecule has 0 aromatic heterocycles. The zero-order chi connectivity index (χ0) is 13.4. The molecule has 2 N–H and O–H groups in total. The average molecular weight is 251 g/mol. The standard InChI is InChI=1S/C15H25NO2/c1-4-14(11-17)16-12(2)5-6-13-7-9-15(18-3)10-8-13/h7-10,12,14,16-17H,4-6,11H2,1-3H3. The smallest absolute Gasteiger partial charge is 0.118 e. The van der Waals surface area contributed by atoms with E-state index in [1.165, 1.54) is 5.56 Å². The summed E-state index contributed by atoms with van der Waals surface area (Å²) < 4.78 is 5.14. The summed E-state index contributed by atoms with van der Waals surface area (Å²) in [6, 6.07) is 8.84. The van der Waals surface area contributed by atoms with Gasteiger partial charge in [-0.25, -0.2) is 0 Å². The maximum atomic E-state index is 9.14. The van der Waals surface area contributed by atoms with E-state index in [4.69, 9.17) is 9.84 Å². The second-order valence-corrected chi connectivity index (χ2v) is 4.74. The van der Waals surface area contributed by atoms with Gasteiger partial charge in [0.25, 0.3) is 0 Å². The molecule has 1 rings (SSSR count). The number of benzene rings is 1. The Morgan fingerprint density at radius 1 is 1.28 bits per heavy atom. The summed E-state index contributed by atoms with van der Waals surface area (Å²) >= 11 is 0. The highest BCUT2D eigenvalue weighted by atomic mass is 16.5. The van der Waals surface area contributed by atoms with Crippen LogP contribution in [-0.2, 0) is 6.42 Å². The number of aliphatic hydroxyl groups excluding tert-OH is 1. The number of hydrogen-bond donors (Lipinski definition) is 2. The van der Waals surface area contributed by atoms with Crippen LogP contribution in [0.1, 0.15) is 32.3 Å². The van der Waals surface area contributed by atoms with Crippen LogP contribution in [0.5, 0.6) is 5.75 Å². The zero-order valence-corrected chi connectivity index (χ0v) is 11.6. The van der Waals surface area contributed by atoms with Crippen LogP contribution >= 0.6 is 0 Å². The number of aryl methyl sites for hydroxylation is 1. The van der Waals surface area contributed by atoms with Gasteiger partial charge < -0.3 is 15.2 Å². The second kappa shape index (κ2) is 8.11. The lowest BCUT2D eigenvalue weighted by atomic mass is 10.1. The van der Waals surface area contributed by atoms with Crippen LogP contribution in [0.25, 0.3) is 0 Å². The van der Waals surface area contributed by atoms with Crippen molar-refractivity contribution in [3.8, 4) is 5.75 Å². The zero-order valence-electron chi connectivity index (χ0n) is 11.6. The average Bonchev–Trinajstić information content (AvgIpc) is 2.43. The number of nitrogens with one attached hydrogen (secondary N) is 1. The fourth-order valence-corrected chi connectivity index (χ4v) is 1.96. The van der Waals surface area contributed by atoms with Gasteiger partial charge in [-0.2, -0.15) is 0 Å². The van der Waals surface area contributed by atoms with Crippen molar-refractivity contribution in [2.45, 2.75) is 45.2 Å². The lowest BCUT2D eigenvalue weighted by molar-refractivity contribution is 0.228. The minimum Gasteiger partial charge on any atom is -0.497 e. The molecule has 0 aliphatic carbocycles. The van der Waals surface area contributed by atoms with Crippen molar-refractivity contribution in [3.63, 3.8) is 0 Å². The fraction of sp³-hybridized carbons (Fsp3) is 0.600. The molecule has 0 spiro atoms. The van der Waals surface area contributed by atoms with Crippen LogP contribution in [0.3, 0.4) is 0 Å². The first-order valence-electron chi connectivity index (χ1n) is 6.69. The summed E-state index contributed by atoms with van der Waals surface area (Å²) in [4.78, 5) is 0. The third-order valence-corrected chi connectivity index (χ3v) is 3.26. The van der Waals surface area contributed by atoms with E-state index in [1.807, 2.05) is 12.1 Å². The number of methoxy groups -OCH3 is 1. The predicted molar refractivity (Wildman–Crippen MR) is 75.1 cm³/mol. The first-order chi connectivity index (χ1) is 8.69. The molecule has 3 heteroatoms. The van der Waals surface area contributed by atoms with Gasteiger partial charge in [0.2, 0.25) is 0 Å². The minimum atomic E-state index is 0.212. The summed E-state index contributed by atoms with van der Waals surface area (Å²) in [5.41, 5.74) is 1.32. The Balaban J connectivity index is 2.34. The van der Waals surface area contributed by atoms with E-state index < -0.39 is 0 Å². The number of hydrogen-bond acceptors (Lipinski definition) is 3. The molecule has 18 heavy (non-hydrogen) atoms. The normalized spacial score (nSPS) is 14.2. The predicted octanol–water partition coefficient (Wildman–Crippen LogP) is 2.38. The Hall–Kier alpha value is -1.06. The van der Waals surface area contributed by atoms with Crippen molar-refractivity contribution in [2.24, 2.45) is 0 Å². The summed E-state index contributed by atoms with van der Waals surface area (Å²) in [6.07, 6.45) is 3.08. The van der Waals surface area contributed by atoms with Crippen LogP contribution in [0.4, 0.5) is 0 Å². The summed E-state index contributed by atoms with van der Waals surface area (Å²) in [5.74, 6) is 0.899. The van der Waals surface area contributed by atoms with Crippen LogP contribution in [0.2, 0.25) is 0 Å². The van der Waals surface area contributed by atoms with Gasteiger partial charge in [0.1, 0.15) is 5.75 Å². The van der Waals surface area contributed by atoms with Crippen LogP contribution in [-0.4, -0.2) is 30.9 Å². The van der Waals surface area contributed by atoms with E-state index in [0.717, 1.165) is 25.0 Å². The molecule has 0 heterocycles. The maximum absolute atomic E-state index is 9.14. The summed E-state index contributed by atoms with van der Waals surface area (Å²) in [7, 11) is 1.68. The van der Waals surface area contributed by atoms with Gasteiger partial charge in [-0.15, -0.1) is 0 Å². The molecule has 0 aliphatic heterocycles. The number of aliphatic hydroxyl groups is 1. The Labute approximate surface area is 110 Å². The van der Waals surface area contributed by atoms with Crippen molar-refractivity contribution in [2.75, 3.05) is 13.7 Å². The van der Waals surface area contributed by atoms with E-state index in [9.17, 15) is 0 Å².